The van der Waals surface area contributed by atoms with Gasteiger partial charge in [-0.2, -0.15) is 0 Å². The molecular weight excluding hydrogens is 412 g/mol. The lowest BCUT2D eigenvalue weighted by atomic mass is 10.1. The number of methoxy groups -OCH3 is 1. The fourth-order valence-corrected chi connectivity index (χ4v) is 2.79. The minimum Gasteiger partial charge on any atom is -0.493 e. The number of nitrogens with one attached hydrogen (secondary N) is 1. The van der Waals surface area contributed by atoms with E-state index in [0.29, 0.717) is 17.2 Å². The first-order chi connectivity index (χ1) is 14.8. The number of fused-ring (bicyclic) bond motifs is 1. The van der Waals surface area contributed by atoms with Crippen molar-refractivity contribution in [3.05, 3.63) is 46.0 Å². The van der Waals surface area contributed by atoms with Crippen molar-refractivity contribution in [2.45, 2.75) is 20.0 Å². The zero-order valence-corrected chi connectivity index (χ0v) is 17.0. The molecule has 0 bridgehead atoms. The summed E-state index contributed by atoms with van der Waals surface area (Å²) in [6.07, 6.45) is -1.24. The van der Waals surface area contributed by atoms with Crippen LogP contribution in [0.1, 0.15) is 24.2 Å². The Hall–Kier alpha value is -4.02. The Morgan fingerprint density at radius 3 is 2.61 bits per heavy atom. The summed E-state index contributed by atoms with van der Waals surface area (Å²) < 4.78 is 26.0. The van der Waals surface area contributed by atoms with Gasteiger partial charge in [0, 0.05) is 17.8 Å². The van der Waals surface area contributed by atoms with E-state index >= 15 is 0 Å². The van der Waals surface area contributed by atoms with Crippen LogP contribution in [0.5, 0.6) is 23.0 Å². The molecular formula is C20H20N2O9. The largest absolute Gasteiger partial charge is 0.493 e. The number of nitrogens with zero attached hydrogens (tertiary/aromatic N) is 1. The molecule has 1 heterocycles. The molecule has 2 aromatic rings. The van der Waals surface area contributed by atoms with Crippen molar-refractivity contribution in [1.29, 1.82) is 0 Å². The molecule has 31 heavy (non-hydrogen) atoms. The number of rotatable bonds is 8. The molecule has 2 aromatic carbocycles. The Kier molecular flexibility index (Phi) is 6.43. The van der Waals surface area contributed by atoms with E-state index in [4.69, 9.17) is 23.7 Å². The number of esters is 1. The van der Waals surface area contributed by atoms with Crippen LogP contribution in [-0.2, 0) is 9.53 Å². The van der Waals surface area contributed by atoms with Gasteiger partial charge in [0.2, 0.25) is 6.79 Å². The van der Waals surface area contributed by atoms with Crippen LogP contribution in [-0.4, -0.2) is 43.4 Å². The third kappa shape index (κ3) is 4.77. The van der Waals surface area contributed by atoms with Crippen molar-refractivity contribution < 1.29 is 38.2 Å². The van der Waals surface area contributed by atoms with Gasteiger partial charge < -0.3 is 29.0 Å². The Morgan fingerprint density at radius 2 is 1.94 bits per heavy atom. The monoisotopic (exact) mass is 432 g/mol. The van der Waals surface area contributed by atoms with E-state index in [1.54, 1.807) is 25.1 Å². The van der Waals surface area contributed by atoms with Crippen molar-refractivity contribution >= 4 is 23.3 Å². The van der Waals surface area contributed by atoms with Gasteiger partial charge >= 0.3 is 5.97 Å². The second-order valence-corrected chi connectivity index (χ2v) is 6.32. The topological polar surface area (TPSA) is 135 Å². The van der Waals surface area contributed by atoms with Gasteiger partial charge in [-0.3, -0.25) is 14.9 Å². The number of carbonyl (C=O) groups is 2. The predicted octanol–water partition coefficient (Wildman–Crippen LogP) is 2.91. The number of hydrogen-bond donors (Lipinski definition) is 1. The molecule has 1 amide bonds. The van der Waals surface area contributed by atoms with Gasteiger partial charge in [0.05, 0.1) is 24.7 Å². The van der Waals surface area contributed by atoms with E-state index in [-0.39, 0.29) is 30.5 Å². The minimum atomic E-state index is -1.24. The molecule has 3 rings (SSSR count). The van der Waals surface area contributed by atoms with E-state index in [2.05, 4.69) is 5.32 Å². The average Bonchev–Trinajstić information content (AvgIpc) is 3.21. The second kappa shape index (κ2) is 9.20. The third-order valence-electron chi connectivity index (χ3n) is 4.29. The van der Waals surface area contributed by atoms with Gasteiger partial charge in [0.1, 0.15) is 5.56 Å². The normalized spacial score (nSPS) is 12.6. The SMILES string of the molecule is CCOc1cc([N+](=O)[O-])c(C(=O)OC(C)C(=O)Nc2ccc3c(c2)OCO3)cc1OC. The number of nitro groups is 1. The summed E-state index contributed by atoms with van der Waals surface area (Å²) in [5.74, 6) is -0.429. The Balaban J connectivity index is 1.75. The number of hydrogen-bond acceptors (Lipinski definition) is 9. The zero-order valence-electron chi connectivity index (χ0n) is 17.0. The second-order valence-electron chi connectivity index (χ2n) is 6.32. The van der Waals surface area contributed by atoms with Crippen molar-refractivity contribution in [2.75, 3.05) is 25.8 Å². The maximum atomic E-state index is 12.6. The van der Waals surface area contributed by atoms with Gasteiger partial charge in [-0.1, -0.05) is 0 Å². The Bertz CT molecular complexity index is 1020. The lowest BCUT2D eigenvalue weighted by Crippen LogP contribution is -2.30. The van der Waals surface area contributed by atoms with Crippen LogP contribution < -0.4 is 24.3 Å². The lowest BCUT2D eigenvalue weighted by Gasteiger charge is -2.15. The first-order valence-corrected chi connectivity index (χ1v) is 9.24. The third-order valence-corrected chi connectivity index (χ3v) is 4.29. The van der Waals surface area contributed by atoms with Gasteiger partial charge in [0.25, 0.3) is 11.6 Å². The molecule has 0 saturated carbocycles. The maximum absolute atomic E-state index is 12.6. The predicted molar refractivity (Wildman–Crippen MR) is 107 cm³/mol. The molecule has 0 aromatic heterocycles. The summed E-state index contributed by atoms with van der Waals surface area (Å²) in [5, 5.41) is 14.0. The highest BCUT2D eigenvalue weighted by molar-refractivity contribution is 5.99. The molecule has 1 aliphatic heterocycles. The van der Waals surface area contributed by atoms with Gasteiger partial charge in [-0.05, 0) is 26.0 Å². The quantitative estimate of drug-likeness (QED) is 0.379. The van der Waals surface area contributed by atoms with Gasteiger partial charge in [0.15, 0.2) is 29.1 Å². The smallest absolute Gasteiger partial charge is 0.346 e. The van der Waals surface area contributed by atoms with Crippen molar-refractivity contribution in [3.8, 4) is 23.0 Å². The number of anilines is 1. The molecule has 0 saturated heterocycles. The fraction of sp³-hybridized carbons (Fsp3) is 0.300. The molecule has 0 fully saturated rings. The van der Waals surface area contributed by atoms with E-state index in [1.807, 2.05) is 0 Å². The highest BCUT2D eigenvalue weighted by atomic mass is 16.7. The van der Waals surface area contributed by atoms with Crippen LogP contribution in [0.4, 0.5) is 11.4 Å². The Labute approximate surface area is 176 Å². The minimum absolute atomic E-state index is 0.0884. The summed E-state index contributed by atoms with van der Waals surface area (Å²) >= 11 is 0. The molecule has 0 spiro atoms. The summed E-state index contributed by atoms with van der Waals surface area (Å²) in [7, 11) is 1.33. The number of benzene rings is 2. The van der Waals surface area contributed by atoms with Crippen LogP contribution in [0.25, 0.3) is 0 Å². The Morgan fingerprint density at radius 1 is 1.19 bits per heavy atom. The lowest BCUT2D eigenvalue weighted by molar-refractivity contribution is -0.385. The maximum Gasteiger partial charge on any atom is 0.346 e. The molecule has 164 valence electrons. The molecule has 11 heteroatoms. The van der Waals surface area contributed by atoms with Gasteiger partial charge in [-0.25, -0.2) is 4.79 Å². The average molecular weight is 432 g/mol. The van der Waals surface area contributed by atoms with Gasteiger partial charge in [-0.15, -0.1) is 0 Å². The van der Waals surface area contributed by atoms with E-state index < -0.39 is 28.6 Å². The van der Waals surface area contributed by atoms with Crippen molar-refractivity contribution in [3.63, 3.8) is 0 Å². The summed E-state index contributed by atoms with van der Waals surface area (Å²) in [4.78, 5) is 35.7. The molecule has 11 nitrogen and oxygen atoms in total. The summed E-state index contributed by atoms with van der Waals surface area (Å²) in [6, 6.07) is 7.02. The van der Waals surface area contributed by atoms with Crippen LogP contribution >= 0.6 is 0 Å². The molecule has 0 aliphatic carbocycles. The van der Waals surface area contributed by atoms with Crippen molar-refractivity contribution in [1.82, 2.24) is 0 Å². The highest BCUT2D eigenvalue weighted by Crippen LogP contribution is 2.36. The van der Waals surface area contributed by atoms with Crippen molar-refractivity contribution in [2.24, 2.45) is 0 Å². The number of carbonyl (C=O) groups excluding carboxylic acids is 2. The van der Waals surface area contributed by atoms with E-state index in [9.17, 15) is 19.7 Å². The van der Waals surface area contributed by atoms with Crippen LogP contribution in [0.2, 0.25) is 0 Å². The van der Waals surface area contributed by atoms with E-state index in [1.165, 1.54) is 14.0 Å². The van der Waals surface area contributed by atoms with E-state index in [0.717, 1.165) is 12.1 Å². The molecule has 1 N–H and O–H groups in total. The van der Waals surface area contributed by atoms with Crippen LogP contribution in [0.3, 0.4) is 0 Å². The first kappa shape index (κ1) is 21.7. The molecule has 1 unspecified atom stereocenters. The molecule has 1 aliphatic rings. The first-order valence-electron chi connectivity index (χ1n) is 9.24. The number of nitro benzene ring substituents is 1. The molecule has 0 radical (unpaired) electrons. The highest BCUT2D eigenvalue weighted by Gasteiger charge is 2.28. The number of amides is 1. The zero-order chi connectivity index (χ0) is 22.5. The summed E-state index contributed by atoms with van der Waals surface area (Å²) in [6.45, 7) is 3.38. The van der Waals surface area contributed by atoms with Crippen LogP contribution in [0.15, 0.2) is 30.3 Å². The summed E-state index contributed by atoms with van der Waals surface area (Å²) in [5.41, 5.74) is -0.489. The van der Waals surface area contributed by atoms with Crippen LogP contribution in [0, 0.1) is 10.1 Å². The number of ether oxygens (including phenoxy) is 5. The standard InChI is InChI=1S/C20H20N2O9/c1-4-28-18-9-14(22(25)26)13(8-16(18)27-3)20(24)31-11(2)19(23)21-12-5-6-15-17(7-12)30-10-29-15/h5-9,11H,4,10H2,1-3H3,(H,21,23). The molecule has 1 atom stereocenters. The fourth-order valence-electron chi connectivity index (χ4n) is 2.79.